The Labute approximate surface area is 224 Å². The molecule has 0 saturated carbocycles. The lowest BCUT2D eigenvalue weighted by atomic mass is 10.0. The second-order valence-electron chi connectivity index (χ2n) is 10.1. The molecule has 1 saturated heterocycles. The Bertz CT molecular complexity index is 949. The van der Waals surface area contributed by atoms with Crippen LogP contribution in [0.4, 0.5) is 9.59 Å². The van der Waals surface area contributed by atoms with E-state index in [0.29, 0.717) is 37.6 Å². The largest absolute Gasteiger partial charge is 0.493 e. The van der Waals surface area contributed by atoms with Crippen LogP contribution in [0.5, 0.6) is 11.5 Å². The van der Waals surface area contributed by atoms with E-state index in [9.17, 15) is 14.4 Å². The zero-order valence-electron chi connectivity index (χ0n) is 22.9. The van der Waals surface area contributed by atoms with Crippen molar-refractivity contribution in [2.75, 3.05) is 40.5 Å². The van der Waals surface area contributed by atoms with Crippen LogP contribution in [0.2, 0.25) is 5.02 Å². The van der Waals surface area contributed by atoms with E-state index in [4.69, 9.17) is 25.8 Å². The van der Waals surface area contributed by atoms with Gasteiger partial charge in [-0.05, 0) is 59.9 Å². The number of benzene rings is 1. The van der Waals surface area contributed by atoms with Crippen LogP contribution < -0.4 is 14.8 Å². The van der Waals surface area contributed by atoms with Gasteiger partial charge in [-0.2, -0.15) is 0 Å². The molecular formula is C26H40ClN3O7. The third-order valence-corrected chi connectivity index (χ3v) is 6.06. The summed E-state index contributed by atoms with van der Waals surface area (Å²) in [7, 11) is 2.79. The van der Waals surface area contributed by atoms with Crippen molar-refractivity contribution in [3.8, 4) is 11.5 Å². The van der Waals surface area contributed by atoms with E-state index in [2.05, 4.69) is 10.1 Å². The number of rotatable bonds is 9. The van der Waals surface area contributed by atoms with Gasteiger partial charge in [-0.15, -0.1) is 0 Å². The molecule has 11 heteroatoms. The molecule has 37 heavy (non-hydrogen) atoms. The van der Waals surface area contributed by atoms with Crippen molar-refractivity contribution in [3.05, 3.63) is 22.7 Å². The summed E-state index contributed by atoms with van der Waals surface area (Å²) >= 11 is 6.52. The van der Waals surface area contributed by atoms with Crippen molar-refractivity contribution in [1.29, 1.82) is 0 Å². The highest BCUT2D eigenvalue weighted by Crippen LogP contribution is 2.35. The molecule has 10 nitrogen and oxygen atoms in total. The van der Waals surface area contributed by atoms with Crippen LogP contribution in [0.3, 0.4) is 0 Å². The highest BCUT2D eigenvalue weighted by Gasteiger charge is 2.35. The number of amides is 3. The van der Waals surface area contributed by atoms with Crippen LogP contribution >= 0.6 is 11.6 Å². The van der Waals surface area contributed by atoms with Gasteiger partial charge in [0.25, 0.3) is 5.91 Å². The number of likely N-dealkylation sites (tertiary alicyclic amines) is 1. The second-order valence-corrected chi connectivity index (χ2v) is 10.5. The van der Waals surface area contributed by atoms with Crippen LogP contribution in [0.25, 0.3) is 0 Å². The summed E-state index contributed by atoms with van der Waals surface area (Å²) in [5, 5.41) is 2.82. The minimum Gasteiger partial charge on any atom is -0.493 e. The fraction of sp³-hybridized carbons (Fsp3) is 0.654. The number of nitrogens with one attached hydrogen (secondary N) is 1. The predicted molar refractivity (Wildman–Crippen MR) is 141 cm³/mol. The third kappa shape index (κ3) is 8.87. The van der Waals surface area contributed by atoms with Crippen LogP contribution in [0.1, 0.15) is 64.2 Å². The maximum atomic E-state index is 13.8. The smallest absolute Gasteiger partial charge is 0.410 e. The van der Waals surface area contributed by atoms with Crippen molar-refractivity contribution >= 4 is 29.7 Å². The van der Waals surface area contributed by atoms with Gasteiger partial charge in [0.05, 0.1) is 37.5 Å². The monoisotopic (exact) mass is 541 g/mol. The van der Waals surface area contributed by atoms with E-state index in [1.165, 1.54) is 14.2 Å². The van der Waals surface area contributed by atoms with E-state index in [-0.39, 0.29) is 41.3 Å². The number of halogens is 1. The fourth-order valence-corrected chi connectivity index (χ4v) is 4.36. The molecule has 1 heterocycles. The van der Waals surface area contributed by atoms with Crippen LogP contribution in [-0.2, 0) is 9.47 Å². The molecule has 0 bridgehead atoms. The van der Waals surface area contributed by atoms with Crippen molar-refractivity contribution in [2.24, 2.45) is 0 Å². The lowest BCUT2D eigenvalue weighted by molar-refractivity contribution is 0.00752. The van der Waals surface area contributed by atoms with E-state index in [1.807, 2.05) is 34.6 Å². The van der Waals surface area contributed by atoms with Crippen LogP contribution in [0.15, 0.2) is 12.1 Å². The number of methoxy groups -OCH3 is 2. The summed E-state index contributed by atoms with van der Waals surface area (Å²) < 4.78 is 21.3. The third-order valence-electron chi connectivity index (χ3n) is 5.75. The highest BCUT2D eigenvalue weighted by molar-refractivity contribution is 6.34. The van der Waals surface area contributed by atoms with E-state index >= 15 is 0 Å². The van der Waals surface area contributed by atoms with Gasteiger partial charge in [0.1, 0.15) is 5.60 Å². The van der Waals surface area contributed by atoms with Gasteiger partial charge in [0.15, 0.2) is 11.5 Å². The SMILES string of the molecule is COC(=O)NCCCOc1cc(C(=O)N(C(C)C)[C@@H]2CCCN(C(=O)OC(C)(C)C)C2)c(Cl)cc1OC. The number of ether oxygens (including phenoxy) is 4. The Morgan fingerprint density at radius 2 is 1.89 bits per heavy atom. The van der Waals surface area contributed by atoms with E-state index < -0.39 is 11.7 Å². The Morgan fingerprint density at radius 3 is 2.49 bits per heavy atom. The van der Waals surface area contributed by atoms with Crippen molar-refractivity contribution in [2.45, 2.75) is 71.6 Å². The molecule has 0 unspecified atom stereocenters. The number of hydrogen-bond acceptors (Lipinski definition) is 7. The zero-order valence-corrected chi connectivity index (χ0v) is 23.6. The van der Waals surface area contributed by atoms with Gasteiger partial charge in [-0.3, -0.25) is 4.79 Å². The fourth-order valence-electron chi connectivity index (χ4n) is 4.12. The topological polar surface area (TPSA) is 107 Å². The van der Waals surface area contributed by atoms with E-state index in [1.54, 1.807) is 21.9 Å². The summed E-state index contributed by atoms with van der Waals surface area (Å²) in [5.41, 5.74) is -0.312. The quantitative estimate of drug-likeness (QED) is 0.451. The van der Waals surface area contributed by atoms with Crippen LogP contribution in [0, 0.1) is 0 Å². The first-order valence-electron chi connectivity index (χ1n) is 12.5. The Morgan fingerprint density at radius 1 is 1.19 bits per heavy atom. The van der Waals surface area contributed by atoms with Gasteiger partial charge >= 0.3 is 12.2 Å². The summed E-state index contributed by atoms with van der Waals surface area (Å²) in [5.74, 6) is 0.513. The van der Waals surface area contributed by atoms with Gasteiger partial charge < -0.3 is 34.1 Å². The molecular weight excluding hydrogens is 502 g/mol. The molecule has 0 radical (unpaired) electrons. The molecule has 1 atom stereocenters. The first kappa shape index (κ1) is 30.3. The maximum absolute atomic E-state index is 13.8. The maximum Gasteiger partial charge on any atom is 0.410 e. The number of piperidine rings is 1. The Hall–Kier alpha value is -2.88. The first-order chi connectivity index (χ1) is 17.4. The summed E-state index contributed by atoms with van der Waals surface area (Å²) in [6, 6.07) is 2.81. The lowest BCUT2D eigenvalue weighted by Crippen LogP contribution is -2.54. The molecule has 2 rings (SSSR count). The number of nitrogens with zero attached hydrogens (tertiary/aromatic N) is 2. The number of hydrogen-bond donors (Lipinski definition) is 1. The summed E-state index contributed by atoms with van der Waals surface area (Å²) in [6.45, 7) is 11.0. The number of alkyl carbamates (subject to hydrolysis) is 1. The second kappa shape index (κ2) is 13.6. The van der Waals surface area contributed by atoms with Gasteiger partial charge in [0.2, 0.25) is 0 Å². The molecule has 1 aliphatic rings. The number of carbonyl (C=O) groups is 3. The minimum atomic E-state index is -0.597. The lowest BCUT2D eigenvalue weighted by Gasteiger charge is -2.41. The average Bonchev–Trinajstić information content (AvgIpc) is 2.83. The summed E-state index contributed by atoms with van der Waals surface area (Å²) in [4.78, 5) is 41.1. The minimum absolute atomic E-state index is 0.136. The molecule has 0 spiro atoms. The normalized spacial score (nSPS) is 15.7. The molecule has 0 aromatic heterocycles. The zero-order chi connectivity index (χ0) is 27.8. The predicted octanol–water partition coefficient (Wildman–Crippen LogP) is 4.72. The van der Waals surface area contributed by atoms with Gasteiger partial charge in [-0.25, -0.2) is 9.59 Å². The van der Waals surface area contributed by atoms with Gasteiger partial charge in [0, 0.05) is 31.7 Å². The van der Waals surface area contributed by atoms with Crippen molar-refractivity contribution in [1.82, 2.24) is 15.1 Å². The van der Waals surface area contributed by atoms with Gasteiger partial charge in [-0.1, -0.05) is 11.6 Å². The Kier molecular flexibility index (Phi) is 11.2. The molecule has 0 aliphatic carbocycles. The average molecular weight is 542 g/mol. The van der Waals surface area contributed by atoms with Crippen LogP contribution in [-0.4, -0.2) is 86.0 Å². The standard InChI is InChI=1S/C26H40ClN3O7/c1-17(2)30(18-10-8-12-29(16-18)25(33)37-26(3,4)5)23(31)19-14-22(21(34-6)15-20(19)27)36-13-9-11-28-24(32)35-7/h14-15,17-18H,8-13,16H2,1-7H3,(H,28,32)/t18-/m1/s1. The highest BCUT2D eigenvalue weighted by atomic mass is 35.5. The van der Waals surface area contributed by atoms with Crippen molar-refractivity contribution < 1.29 is 33.3 Å². The molecule has 1 aromatic rings. The van der Waals surface area contributed by atoms with Crippen molar-refractivity contribution in [3.63, 3.8) is 0 Å². The molecule has 208 valence electrons. The molecule has 1 fully saturated rings. The number of carbonyl (C=O) groups excluding carboxylic acids is 3. The first-order valence-corrected chi connectivity index (χ1v) is 12.9. The molecule has 1 aromatic carbocycles. The molecule has 3 amide bonds. The van der Waals surface area contributed by atoms with E-state index in [0.717, 1.165) is 12.8 Å². The molecule has 1 aliphatic heterocycles. The molecule has 1 N–H and O–H groups in total. The Balaban J connectivity index is 2.20. The summed E-state index contributed by atoms with van der Waals surface area (Å²) in [6.07, 6.45) is 1.13.